The lowest BCUT2D eigenvalue weighted by atomic mass is 9.85. The average Bonchev–Trinajstić information content (AvgIpc) is 3.31. The summed E-state index contributed by atoms with van der Waals surface area (Å²) in [5.41, 5.74) is 0.443. The monoisotopic (exact) mass is 530 g/mol. The summed E-state index contributed by atoms with van der Waals surface area (Å²) in [6.07, 6.45) is -4.21. The van der Waals surface area contributed by atoms with Crippen molar-refractivity contribution in [2.45, 2.75) is 96.0 Å². The van der Waals surface area contributed by atoms with E-state index in [1.807, 2.05) is 6.92 Å². The fraction of sp³-hybridized carbons (Fsp3) is 0.708. The molecule has 36 heavy (non-hydrogen) atoms. The second kappa shape index (κ2) is 10.4. The Balaban J connectivity index is 1.64. The Kier molecular flexibility index (Phi) is 7.98. The maximum atomic E-state index is 13.6. The molecule has 8 atom stereocenters. The van der Waals surface area contributed by atoms with Gasteiger partial charge in [-0.2, -0.15) is 0 Å². The number of aldehydes is 1. The van der Waals surface area contributed by atoms with Crippen LogP contribution in [0.2, 0.25) is 0 Å². The van der Waals surface area contributed by atoms with Crippen LogP contribution in [0.5, 0.6) is 5.75 Å². The quantitative estimate of drug-likeness (QED) is 0.249. The van der Waals surface area contributed by atoms with Gasteiger partial charge in [0.05, 0.1) is 0 Å². The number of carbonyl (C=O) groups is 1. The minimum absolute atomic E-state index is 0.203. The van der Waals surface area contributed by atoms with Gasteiger partial charge in [-0.05, 0) is 65.8 Å². The molecule has 3 fully saturated rings. The van der Waals surface area contributed by atoms with Gasteiger partial charge in [-0.25, -0.2) is 4.57 Å². The average molecular weight is 531 g/mol. The summed E-state index contributed by atoms with van der Waals surface area (Å²) in [7, 11) is -2.96. The second-order valence-corrected chi connectivity index (χ2v) is 11.4. The molecular weight excluding hydrogens is 495 g/mol. The van der Waals surface area contributed by atoms with Crippen molar-refractivity contribution in [1.29, 1.82) is 0 Å². The van der Waals surface area contributed by atoms with Crippen LogP contribution in [0.1, 0.15) is 51.9 Å². The van der Waals surface area contributed by atoms with Crippen LogP contribution in [0.25, 0.3) is 0 Å². The molecular formula is C24H35O11P. The van der Waals surface area contributed by atoms with Crippen molar-refractivity contribution in [2.24, 2.45) is 0 Å². The van der Waals surface area contributed by atoms with E-state index in [9.17, 15) is 9.36 Å². The van der Waals surface area contributed by atoms with E-state index in [1.54, 1.807) is 34.6 Å². The molecule has 0 bridgehead atoms. The fourth-order valence-electron chi connectivity index (χ4n) is 4.78. The van der Waals surface area contributed by atoms with Crippen LogP contribution in [0.3, 0.4) is 0 Å². The molecule has 3 aliphatic rings. The molecule has 0 spiro atoms. The van der Waals surface area contributed by atoms with E-state index >= 15 is 0 Å². The van der Waals surface area contributed by atoms with Gasteiger partial charge in [-0.15, -0.1) is 0 Å². The highest BCUT2D eigenvalue weighted by atomic mass is 31.2. The highest BCUT2D eigenvalue weighted by molar-refractivity contribution is 7.48. The molecule has 2 aliphatic heterocycles. The summed E-state index contributed by atoms with van der Waals surface area (Å²) >= 11 is 0. The minimum atomic E-state index is -4.18. The number of ether oxygens (including phenoxy) is 6. The first-order valence-electron chi connectivity index (χ1n) is 12.0. The third-order valence-electron chi connectivity index (χ3n) is 6.08. The Morgan fingerprint density at radius 2 is 1.44 bits per heavy atom. The van der Waals surface area contributed by atoms with Crippen LogP contribution >= 0.6 is 7.82 Å². The molecule has 4 unspecified atom stereocenters. The molecule has 4 rings (SSSR count). The van der Waals surface area contributed by atoms with Crippen LogP contribution in [0.15, 0.2) is 24.3 Å². The third-order valence-corrected chi connectivity index (χ3v) is 7.46. The lowest BCUT2D eigenvalue weighted by molar-refractivity contribution is -0.239. The molecule has 1 saturated carbocycles. The number of fused-ring (bicyclic) bond motifs is 2. The molecule has 11 nitrogen and oxygen atoms in total. The maximum Gasteiger partial charge on any atom is 0.530 e. The molecule has 202 valence electrons. The fourth-order valence-corrected chi connectivity index (χ4v) is 5.90. The van der Waals surface area contributed by atoms with Crippen molar-refractivity contribution in [3.63, 3.8) is 0 Å². The van der Waals surface area contributed by atoms with Gasteiger partial charge in [0.1, 0.15) is 48.7 Å². The van der Waals surface area contributed by atoms with Crippen LogP contribution in [-0.2, 0) is 42.0 Å². The lowest BCUT2D eigenvalue weighted by Gasteiger charge is -2.43. The number of phosphoric ester groups is 1. The van der Waals surface area contributed by atoms with Crippen molar-refractivity contribution in [2.75, 3.05) is 13.7 Å². The van der Waals surface area contributed by atoms with E-state index < -0.39 is 62.3 Å². The Labute approximate surface area is 211 Å². The summed E-state index contributed by atoms with van der Waals surface area (Å²) in [6.45, 7) is 11.2. The molecule has 0 aromatic heterocycles. The first-order valence-corrected chi connectivity index (χ1v) is 13.4. The lowest BCUT2D eigenvalue weighted by Crippen LogP contribution is -2.63. The van der Waals surface area contributed by atoms with Crippen LogP contribution in [-0.4, -0.2) is 74.5 Å². The van der Waals surface area contributed by atoms with Crippen molar-refractivity contribution in [3.05, 3.63) is 29.8 Å². The highest BCUT2D eigenvalue weighted by Crippen LogP contribution is 2.55. The maximum absolute atomic E-state index is 13.6. The summed E-state index contributed by atoms with van der Waals surface area (Å²) in [6, 6.07) is 6.06. The predicted octanol–water partition coefficient (Wildman–Crippen LogP) is 3.84. The van der Waals surface area contributed by atoms with Crippen molar-refractivity contribution in [1.82, 2.24) is 0 Å². The normalized spacial score (nSPS) is 34.9. The molecule has 1 aromatic rings. The summed E-state index contributed by atoms with van der Waals surface area (Å²) in [5, 5.41) is 0. The number of hydrogen-bond donors (Lipinski definition) is 0. The van der Waals surface area contributed by atoms with Gasteiger partial charge in [0, 0.05) is 19.3 Å². The standard InChI is InChI=1S/C24H35O11P/c1-8-28-14(2)29-17-18-20(32-23(3,4)30-18)22(21-19(17)31-24(5,6)33-21)35-36(26,27-7)34-16-11-9-15(13-25)10-12-16/h9-14,17-22H,8H2,1-7H3/t14?,17?,18-,19+,20-,21-,22?,36?/m1/s1. The number of hydrogen-bond acceptors (Lipinski definition) is 11. The van der Waals surface area contributed by atoms with Gasteiger partial charge in [-0.1, -0.05) is 0 Å². The van der Waals surface area contributed by atoms with Gasteiger partial charge >= 0.3 is 7.82 Å². The highest BCUT2D eigenvalue weighted by Gasteiger charge is 2.65. The Morgan fingerprint density at radius 1 is 0.944 bits per heavy atom. The number of rotatable bonds is 10. The van der Waals surface area contributed by atoms with Gasteiger partial charge < -0.3 is 32.9 Å². The zero-order valence-electron chi connectivity index (χ0n) is 21.6. The number of benzene rings is 1. The molecule has 0 radical (unpaired) electrons. The zero-order valence-corrected chi connectivity index (χ0v) is 22.5. The molecule has 1 aliphatic carbocycles. The minimum Gasteiger partial charge on any atom is -0.404 e. The van der Waals surface area contributed by atoms with Crippen molar-refractivity contribution in [3.8, 4) is 5.75 Å². The third kappa shape index (κ3) is 5.85. The molecule has 0 N–H and O–H groups in total. The molecule has 12 heteroatoms. The Hall–Kier alpha value is -1.40. The SMILES string of the molecule is CCOC(C)OC1[C@H]2OC(C)(C)O[C@H]2C(OP(=O)(OC)Oc2ccc(C=O)cc2)[C@@H]2OC(C)(C)O[C@@H]12. The predicted molar refractivity (Wildman–Crippen MR) is 126 cm³/mol. The second-order valence-electron chi connectivity index (χ2n) is 9.73. The Morgan fingerprint density at radius 3 is 1.89 bits per heavy atom. The summed E-state index contributed by atoms with van der Waals surface area (Å²) in [5.74, 6) is -1.76. The zero-order chi connectivity index (χ0) is 26.3. The van der Waals surface area contributed by atoms with Crippen molar-refractivity contribution >= 4 is 14.1 Å². The van der Waals surface area contributed by atoms with E-state index in [0.717, 1.165) is 0 Å². The summed E-state index contributed by atoms with van der Waals surface area (Å²) in [4.78, 5) is 11.0. The van der Waals surface area contributed by atoms with Crippen LogP contribution in [0.4, 0.5) is 0 Å². The van der Waals surface area contributed by atoms with Crippen LogP contribution in [0, 0.1) is 0 Å². The van der Waals surface area contributed by atoms with E-state index in [-0.39, 0.29) is 5.75 Å². The van der Waals surface area contributed by atoms with Crippen LogP contribution < -0.4 is 4.52 Å². The topological polar surface area (TPSA) is 117 Å². The van der Waals surface area contributed by atoms with Gasteiger partial charge in [0.2, 0.25) is 0 Å². The molecule has 2 heterocycles. The molecule has 2 saturated heterocycles. The smallest absolute Gasteiger partial charge is 0.404 e. The first-order chi connectivity index (χ1) is 16.9. The molecule has 1 aromatic carbocycles. The molecule has 0 amide bonds. The van der Waals surface area contributed by atoms with Gasteiger partial charge in [0.15, 0.2) is 17.9 Å². The van der Waals surface area contributed by atoms with Crippen molar-refractivity contribution < 1.29 is 51.4 Å². The largest absolute Gasteiger partial charge is 0.530 e. The number of carbonyl (C=O) groups excluding carboxylic acids is 1. The number of phosphoric acid groups is 1. The van der Waals surface area contributed by atoms with E-state index in [1.165, 1.54) is 31.4 Å². The Bertz CT molecular complexity index is 933. The van der Waals surface area contributed by atoms with E-state index in [0.29, 0.717) is 18.5 Å². The van der Waals surface area contributed by atoms with E-state index in [2.05, 4.69) is 0 Å². The van der Waals surface area contributed by atoms with Gasteiger partial charge in [0.25, 0.3) is 0 Å². The first kappa shape index (κ1) is 27.6. The van der Waals surface area contributed by atoms with Gasteiger partial charge in [-0.3, -0.25) is 13.8 Å². The summed E-state index contributed by atoms with van der Waals surface area (Å²) < 4.78 is 67.2. The van der Waals surface area contributed by atoms with E-state index in [4.69, 9.17) is 42.0 Å².